The van der Waals surface area contributed by atoms with Crippen molar-refractivity contribution in [3.63, 3.8) is 0 Å². The second-order valence-corrected chi connectivity index (χ2v) is 5.26. The molecule has 0 saturated heterocycles. The Hall–Kier alpha value is -2.41. The van der Waals surface area contributed by atoms with E-state index in [1.54, 1.807) is 30.3 Å². The number of carbonyl (C=O) groups excluding carboxylic acids is 1. The first-order chi connectivity index (χ1) is 9.49. The Balaban J connectivity index is 2.13. The summed E-state index contributed by atoms with van der Waals surface area (Å²) in [7, 11) is -4.50. The number of hydrogen-bond donors (Lipinski definition) is 1. The van der Waals surface area contributed by atoms with E-state index < -0.39 is 26.9 Å². The minimum absolute atomic E-state index is 0.362. The zero-order chi connectivity index (χ0) is 14.6. The molecule has 0 bridgehead atoms. The van der Waals surface area contributed by atoms with E-state index in [9.17, 15) is 17.6 Å². The van der Waals surface area contributed by atoms with Gasteiger partial charge in [0.2, 0.25) is 0 Å². The van der Waals surface area contributed by atoms with Crippen LogP contribution in [0.3, 0.4) is 0 Å². The summed E-state index contributed by atoms with van der Waals surface area (Å²) in [6, 6.07) is 12.8. The van der Waals surface area contributed by atoms with Gasteiger partial charge in [-0.2, -0.15) is 8.42 Å². The summed E-state index contributed by atoms with van der Waals surface area (Å²) in [6.45, 7) is 0. The Morgan fingerprint density at radius 2 is 1.60 bits per heavy atom. The predicted octanol–water partition coefficient (Wildman–Crippen LogP) is 2.76. The number of rotatable bonds is 3. The van der Waals surface area contributed by atoms with Crippen LogP contribution in [0, 0.1) is 5.82 Å². The summed E-state index contributed by atoms with van der Waals surface area (Å²) in [5.74, 6) is -0.986. The van der Waals surface area contributed by atoms with Crippen molar-refractivity contribution in [1.29, 1.82) is 0 Å². The number of carbonyl (C=O) groups is 1. The second-order valence-electron chi connectivity index (χ2n) is 3.75. The van der Waals surface area contributed by atoms with E-state index in [1.807, 2.05) is 0 Å². The Morgan fingerprint density at radius 3 is 2.25 bits per heavy atom. The molecule has 0 aliphatic carbocycles. The number of nitrogens with one attached hydrogen (secondary N) is 1. The fourth-order valence-corrected chi connectivity index (χ4v) is 2.34. The lowest BCUT2D eigenvalue weighted by atomic mass is 10.3. The van der Waals surface area contributed by atoms with Crippen LogP contribution < -0.4 is 5.32 Å². The van der Waals surface area contributed by atoms with Gasteiger partial charge in [0.1, 0.15) is 10.7 Å². The number of halogens is 1. The van der Waals surface area contributed by atoms with Crippen molar-refractivity contribution in [3.8, 4) is 0 Å². The van der Waals surface area contributed by atoms with Gasteiger partial charge >= 0.3 is 16.2 Å². The van der Waals surface area contributed by atoms with Crippen LogP contribution in [-0.2, 0) is 14.3 Å². The molecule has 0 aromatic heterocycles. The van der Waals surface area contributed by atoms with Gasteiger partial charge in [-0.15, -0.1) is 0 Å². The normalized spacial score (nSPS) is 10.8. The monoisotopic (exact) mass is 295 g/mol. The molecule has 0 spiro atoms. The van der Waals surface area contributed by atoms with Crippen LogP contribution in [0.25, 0.3) is 0 Å². The molecular weight excluding hydrogens is 285 g/mol. The lowest BCUT2D eigenvalue weighted by Crippen LogP contribution is -2.19. The topological polar surface area (TPSA) is 72.5 Å². The molecule has 0 aliphatic heterocycles. The minimum Gasteiger partial charge on any atom is -0.324 e. The van der Waals surface area contributed by atoms with Gasteiger partial charge in [0, 0.05) is 5.69 Å². The number of para-hydroxylation sites is 1. The maximum atomic E-state index is 13.4. The molecule has 0 heterocycles. The molecule has 0 atom stereocenters. The van der Waals surface area contributed by atoms with E-state index in [0.717, 1.165) is 12.1 Å². The Morgan fingerprint density at radius 1 is 1.00 bits per heavy atom. The van der Waals surface area contributed by atoms with Gasteiger partial charge in [0.25, 0.3) is 0 Å². The van der Waals surface area contributed by atoms with E-state index in [2.05, 4.69) is 9.50 Å². The van der Waals surface area contributed by atoms with Crippen molar-refractivity contribution in [3.05, 3.63) is 60.4 Å². The first-order valence-corrected chi connectivity index (χ1v) is 6.95. The standard InChI is InChI=1S/C13H10FNO4S/c14-11-8-4-5-9-12(11)20(17,18)19-13(16)15-10-6-2-1-3-7-10/h1-9H,(H,15,16). The van der Waals surface area contributed by atoms with Crippen molar-refractivity contribution in [2.45, 2.75) is 4.90 Å². The van der Waals surface area contributed by atoms with Gasteiger partial charge in [-0.05, 0) is 24.3 Å². The van der Waals surface area contributed by atoms with Crippen LogP contribution in [0.1, 0.15) is 0 Å². The largest absolute Gasteiger partial charge is 0.427 e. The summed E-state index contributed by atoms with van der Waals surface area (Å²) in [5, 5.41) is 2.22. The van der Waals surface area contributed by atoms with Crippen LogP contribution in [-0.4, -0.2) is 14.5 Å². The predicted molar refractivity (Wildman–Crippen MR) is 70.1 cm³/mol. The molecule has 104 valence electrons. The maximum absolute atomic E-state index is 13.4. The van der Waals surface area contributed by atoms with Gasteiger partial charge < -0.3 is 4.18 Å². The maximum Gasteiger partial charge on any atom is 0.427 e. The average molecular weight is 295 g/mol. The molecule has 0 fully saturated rings. The second kappa shape index (κ2) is 5.70. The highest BCUT2D eigenvalue weighted by Gasteiger charge is 2.23. The molecule has 2 aromatic carbocycles. The fourth-order valence-electron chi connectivity index (χ4n) is 1.45. The molecule has 0 saturated carbocycles. The highest BCUT2D eigenvalue weighted by Crippen LogP contribution is 2.17. The van der Waals surface area contributed by atoms with Crippen molar-refractivity contribution < 1.29 is 21.8 Å². The fraction of sp³-hybridized carbons (Fsp3) is 0. The number of hydrogen-bond acceptors (Lipinski definition) is 4. The van der Waals surface area contributed by atoms with Gasteiger partial charge in [0.05, 0.1) is 0 Å². The quantitative estimate of drug-likeness (QED) is 0.884. The van der Waals surface area contributed by atoms with Crippen LogP contribution in [0.5, 0.6) is 0 Å². The zero-order valence-electron chi connectivity index (χ0n) is 10.1. The third kappa shape index (κ3) is 3.33. The zero-order valence-corrected chi connectivity index (χ0v) is 10.9. The summed E-state index contributed by atoms with van der Waals surface area (Å²) in [4.78, 5) is 10.8. The Kier molecular flexibility index (Phi) is 3.99. The molecular formula is C13H10FNO4S. The van der Waals surface area contributed by atoms with Crippen LogP contribution in [0.15, 0.2) is 59.5 Å². The first kappa shape index (κ1) is 14.0. The van der Waals surface area contributed by atoms with Crippen LogP contribution in [0.4, 0.5) is 14.9 Å². The third-order valence-corrected chi connectivity index (χ3v) is 3.55. The summed E-state index contributed by atoms with van der Waals surface area (Å²) in [5.41, 5.74) is 0.362. The van der Waals surface area contributed by atoms with E-state index >= 15 is 0 Å². The van der Waals surface area contributed by atoms with E-state index in [-0.39, 0.29) is 0 Å². The lowest BCUT2D eigenvalue weighted by Gasteiger charge is -2.07. The molecule has 1 N–H and O–H groups in total. The van der Waals surface area contributed by atoms with Crippen molar-refractivity contribution in [2.24, 2.45) is 0 Å². The minimum atomic E-state index is -4.50. The highest BCUT2D eigenvalue weighted by molar-refractivity contribution is 7.87. The summed E-state index contributed by atoms with van der Waals surface area (Å²) < 4.78 is 41.1. The number of benzene rings is 2. The molecule has 0 unspecified atom stereocenters. The summed E-state index contributed by atoms with van der Waals surface area (Å²) >= 11 is 0. The number of anilines is 1. The van der Waals surface area contributed by atoms with Crippen LogP contribution >= 0.6 is 0 Å². The van der Waals surface area contributed by atoms with Crippen molar-refractivity contribution in [2.75, 3.05) is 5.32 Å². The molecule has 2 rings (SSSR count). The Bertz CT molecular complexity index is 716. The van der Waals surface area contributed by atoms with E-state index in [1.165, 1.54) is 12.1 Å². The molecule has 20 heavy (non-hydrogen) atoms. The Labute approximate surface area is 115 Å². The van der Waals surface area contributed by atoms with Gasteiger partial charge in [-0.1, -0.05) is 30.3 Å². The van der Waals surface area contributed by atoms with Gasteiger partial charge in [0.15, 0.2) is 0 Å². The van der Waals surface area contributed by atoms with Crippen molar-refractivity contribution in [1.82, 2.24) is 0 Å². The average Bonchev–Trinajstić information content (AvgIpc) is 2.39. The van der Waals surface area contributed by atoms with Crippen LogP contribution in [0.2, 0.25) is 0 Å². The molecule has 1 amide bonds. The molecule has 7 heteroatoms. The van der Waals surface area contributed by atoms with Crippen molar-refractivity contribution >= 4 is 21.9 Å². The van der Waals surface area contributed by atoms with E-state index in [4.69, 9.17) is 0 Å². The SMILES string of the molecule is O=C(Nc1ccccc1)OS(=O)(=O)c1ccccc1F. The molecule has 2 aromatic rings. The molecule has 0 radical (unpaired) electrons. The number of amides is 1. The van der Waals surface area contributed by atoms with E-state index in [0.29, 0.717) is 5.69 Å². The molecule has 5 nitrogen and oxygen atoms in total. The highest BCUT2D eigenvalue weighted by atomic mass is 32.2. The smallest absolute Gasteiger partial charge is 0.324 e. The third-order valence-electron chi connectivity index (χ3n) is 2.31. The first-order valence-electron chi connectivity index (χ1n) is 5.54. The lowest BCUT2D eigenvalue weighted by molar-refractivity contribution is 0.217. The van der Waals surface area contributed by atoms with Gasteiger partial charge in [-0.25, -0.2) is 9.18 Å². The molecule has 0 aliphatic rings. The summed E-state index contributed by atoms with van der Waals surface area (Å²) in [6.07, 6.45) is -1.21. The van der Waals surface area contributed by atoms with Gasteiger partial charge in [-0.3, -0.25) is 5.32 Å².